The summed E-state index contributed by atoms with van der Waals surface area (Å²) >= 11 is 0. The summed E-state index contributed by atoms with van der Waals surface area (Å²) in [6.07, 6.45) is 14.5. The van der Waals surface area contributed by atoms with E-state index in [1.54, 1.807) is 0 Å². The molecule has 0 spiro atoms. The first-order valence-electron chi connectivity index (χ1n) is 12.0. The van der Waals surface area contributed by atoms with Crippen molar-refractivity contribution in [3.63, 3.8) is 0 Å². The van der Waals surface area contributed by atoms with Crippen molar-refractivity contribution in [1.29, 1.82) is 0 Å². The summed E-state index contributed by atoms with van der Waals surface area (Å²) in [5.74, 6) is 2.09. The van der Waals surface area contributed by atoms with E-state index in [0.29, 0.717) is 17.9 Å². The fourth-order valence-corrected chi connectivity index (χ4v) is 5.64. The van der Waals surface area contributed by atoms with E-state index in [4.69, 9.17) is 0 Å². The van der Waals surface area contributed by atoms with Gasteiger partial charge in [0.05, 0.1) is 5.92 Å². The zero-order valence-corrected chi connectivity index (χ0v) is 17.5. The molecule has 0 aromatic heterocycles. The van der Waals surface area contributed by atoms with Gasteiger partial charge in [0.25, 0.3) is 0 Å². The molecule has 4 rings (SSSR count). The van der Waals surface area contributed by atoms with Gasteiger partial charge in [0.1, 0.15) is 0 Å². The van der Waals surface area contributed by atoms with E-state index in [0.717, 1.165) is 83.6 Å². The van der Waals surface area contributed by atoms with Crippen LogP contribution in [0.4, 0.5) is 0 Å². The lowest BCUT2D eigenvalue weighted by Gasteiger charge is -2.42. The van der Waals surface area contributed by atoms with Crippen molar-refractivity contribution >= 4 is 11.8 Å². The van der Waals surface area contributed by atoms with Gasteiger partial charge >= 0.3 is 0 Å². The summed E-state index contributed by atoms with van der Waals surface area (Å²) in [6.45, 7) is 4.71. The van der Waals surface area contributed by atoms with Gasteiger partial charge in [0.2, 0.25) is 11.8 Å². The number of nitrogens with zero attached hydrogens (tertiary/aromatic N) is 2. The highest BCUT2D eigenvalue weighted by Gasteiger charge is 2.37. The van der Waals surface area contributed by atoms with Crippen molar-refractivity contribution in [2.75, 3.05) is 32.7 Å². The molecule has 1 atom stereocenters. The zero-order chi connectivity index (χ0) is 19.3. The van der Waals surface area contributed by atoms with Gasteiger partial charge in [-0.1, -0.05) is 25.7 Å². The van der Waals surface area contributed by atoms with Crippen LogP contribution in [0.2, 0.25) is 0 Å². The monoisotopic (exact) mass is 389 g/mol. The largest absolute Gasteiger partial charge is 0.356 e. The van der Waals surface area contributed by atoms with Crippen LogP contribution >= 0.6 is 0 Å². The first-order valence-corrected chi connectivity index (χ1v) is 12.0. The van der Waals surface area contributed by atoms with Crippen LogP contribution in [-0.4, -0.2) is 60.4 Å². The molecule has 4 aliphatic rings. The lowest BCUT2D eigenvalue weighted by Crippen LogP contribution is -2.51. The standard InChI is InChI=1S/C23H39N3O2/c27-22(24-13-3-7-18-5-1-2-6-18)20-8-4-14-26(17-20)21-11-15-25(16-12-21)23(28)19-9-10-19/h18-21H,1-17H2,(H,24,27)/t20-/m1/s1. The predicted molar refractivity (Wildman–Crippen MR) is 111 cm³/mol. The highest BCUT2D eigenvalue weighted by Crippen LogP contribution is 2.33. The third-order valence-electron chi connectivity index (χ3n) is 7.61. The Morgan fingerprint density at radius 1 is 0.821 bits per heavy atom. The van der Waals surface area contributed by atoms with Crippen molar-refractivity contribution in [2.45, 2.75) is 83.1 Å². The van der Waals surface area contributed by atoms with Gasteiger partial charge in [-0.2, -0.15) is 0 Å². The fourth-order valence-electron chi connectivity index (χ4n) is 5.64. The average molecular weight is 390 g/mol. The first-order chi connectivity index (χ1) is 13.7. The van der Waals surface area contributed by atoms with Crippen molar-refractivity contribution in [3.05, 3.63) is 0 Å². The van der Waals surface area contributed by atoms with Crippen LogP contribution < -0.4 is 5.32 Å². The molecule has 2 saturated carbocycles. The van der Waals surface area contributed by atoms with E-state index in [1.807, 2.05) is 0 Å². The Morgan fingerprint density at radius 3 is 2.29 bits per heavy atom. The topological polar surface area (TPSA) is 52.7 Å². The molecule has 1 N–H and O–H groups in total. The molecule has 2 saturated heterocycles. The van der Waals surface area contributed by atoms with E-state index < -0.39 is 0 Å². The minimum atomic E-state index is 0.159. The molecule has 0 aromatic rings. The van der Waals surface area contributed by atoms with E-state index in [2.05, 4.69) is 15.1 Å². The molecular formula is C23H39N3O2. The molecule has 2 amide bonds. The highest BCUT2D eigenvalue weighted by molar-refractivity contribution is 5.81. The fraction of sp³-hybridized carbons (Fsp3) is 0.913. The van der Waals surface area contributed by atoms with Gasteiger partial charge in [0, 0.05) is 38.1 Å². The predicted octanol–water partition coefficient (Wildman–Crippen LogP) is 3.19. The molecule has 2 aliphatic carbocycles. The van der Waals surface area contributed by atoms with Crippen LogP contribution in [0, 0.1) is 17.8 Å². The van der Waals surface area contributed by atoms with Crippen LogP contribution in [0.25, 0.3) is 0 Å². The summed E-state index contributed by atoms with van der Waals surface area (Å²) in [7, 11) is 0. The molecule has 0 radical (unpaired) electrons. The molecule has 0 unspecified atom stereocenters. The normalized spacial score (nSPS) is 27.9. The summed E-state index contributed by atoms with van der Waals surface area (Å²) in [6, 6.07) is 0.557. The molecule has 4 fully saturated rings. The Balaban J connectivity index is 1.15. The minimum Gasteiger partial charge on any atom is -0.356 e. The molecule has 5 heteroatoms. The highest BCUT2D eigenvalue weighted by atomic mass is 16.2. The maximum Gasteiger partial charge on any atom is 0.225 e. The van der Waals surface area contributed by atoms with Crippen molar-refractivity contribution in [3.8, 4) is 0 Å². The molecule has 0 aromatic carbocycles. The Kier molecular flexibility index (Phi) is 6.92. The van der Waals surface area contributed by atoms with Gasteiger partial charge in [-0.3, -0.25) is 14.5 Å². The van der Waals surface area contributed by atoms with Gasteiger partial charge in [-0.05, 0) is 63.8 Å². The minimum absolute atomic E-state index is 0.159. The molecule has 2 aliphatic heterocycles. The van der Waals surface area contributed by atoms with Crippen molar-refractivity contribution in [1.82, 2.24) is 15.1 Å². The molecule has 0 bridgehead atoms. The number of hydrogen-bond donors (Lipinski definition) is 1. The number of piperidine rings is 2. The van der Waals surface area contributed by atoms with Crippen LogP contribution in [0.15, 0.2) is 0 Å². The van der Waals surface area contributed by atoms with Crippen molar-refractivity contribution in [2.24, 2.45) is 17.8 Å². The van der Waals surface area contributed by atoms with E-state index in [-0.39, 0.29) is 11.8 Å². The number of hydrogen-bond acceptors (Lipinski definition) is 3. The molecule has 28 heavy (non-hydrogen) atoms. The second-order valence-electron chi connectivity index (χ2n) is 9.75. The quantitative estimate of drug-likeness (QED) is 0.681. The number of nitrogens with one attached hydrogen (secondary N) is 1. The van der Waals surface area contributed by atoms with E-state index in [9.17, 15) is 9.59 Å². The van der Waals surface area contributed by atoms with Crippen LogP contribution in [-0.2, 0) is 9.59 Å². The number of carbonyl (C=O) groups is 2. The smallest absolute Gasteiger partial charge is 0.225 e. The summed E-state index contributed by atoms with van der Waals surface area (Å²) in [4.78, 5) is 29.5. The summed E-state index contributed by atoms with van der Waals surface area (Å²) in [5, 5.41) is 3.22. The second kappa shape index (κ2) is 9.60. The van der Waals surface area contributed by atoms with E-state index in [1.165, 1.54) is 32.1 Å². The zero-order valence-electron chi connectivity index (χ0n) is 17.5. The average Bonchev–Trinajstić information content (AvgIpc) is 3.46. The SMILES string of the molecule is O=C(NCCCC1CCCC1)[C@@H]1CCCN(C2CCN(C(=O)C3CC3)CC2)C1. The lowest BCUT2D eigenvalue weighted by molar-refractivity contribution is -0.134. The third kappa shape index (κ3) is 5.28. The second-order valence-corrected chi connectivity index (χ2v) is 9.75. The lowest BCUT2D eigenvalue weighted by atomic mass is 9.93. The van der Waals surface area contributed by atoms with Gasteiger partial charge in [0.15, 0.2) is 0 Å². The van der Waals surface area contributed by atoms with Crippen LogP contribution in [0.1, 0.15) is 77.0 Å². The maximum absolute atomic E-state index is 12.7. The Morgan fingerprint density at radius 2 is 1.57 bits per heavy atom. The summed E-state index contributed by atoms with van der Waals surface area (Å²) in [5.41, 5.74) is 0. The van der Waals surface area contributed by atoms with Gasteiger partial charge < -0.3 is 10.2 Å². The maximum atomic E-state index is 12.7. The number of rotatable bonds is 7. The number of carbonyl (C=O) groups excluding carboxylic acids is 2. The van der Waals surface area contributed by atoms with Gasteiger partial charge in [-0.15, -0.1) is 0 Å². The Labute approximate surface area is 170 Å². The van der Waals surface area contributed by atoms with Crippen LogP contribution in [0.3, 0.4) is 0 Å². The molecule has 5 nitrogen and oxygen atoms in total. The third-order valence-corrected chi connectivity index (χ3v) is 7.61. The Hall–Kier alpha value is -1.10. The summed E-state index contributed by atoms with van der Waals surface area (Å²) < 4.78 is 0. The number of amides is 2. The van der Waals surface area contributed by atoms with Gasteiger partial charge in [-0.25, -0.2) is 0 Å². The first kappa shape index (κ1) is 20.2. The molecule has 2 heterocycles. The molecule has 158 valence electrons. The van der Waals surface area contributed by atoms with E-state index >= 15 is 0 Å². The Bertz CT molecular complexity index is 534. The molecular weight excluding hydrogens is 350 g/mol. The van der Waals surface area contributed by atoms with Crippen LogP contribution in [0.5, 0.6) is 0 Å². The number of likely N-dealkylation sites (tertiary alicyclic amines) is 2. The van der Waals surface area contributed by atoms with Crippen molar-refractivity contribution < 1.29 is 9.59 Å².